The van der Waals surface area contributed by atoms with Gasteiger partial charge in [0.05, 0.1) is 13.0 Å². The SMILES string of the molecule is CCN(CC)CCCCN(CC(C)C(=O)OC)C(=O)c1cccc(C)c1. The van der Waals surface area contributed by atoms with Crippen LogP contribution in [0.2, 0.25) is 0 Å². The fourth-order valence-electron chi connectivity index (χ4n) is 3.02. The molecular weight excluding hydrogens is 328 g/mol. The Labute approximate surface area is 158 Å². The standard InChI is InChI=1S/C21H34N2O3/c1-6-22(7-2)13-8-9-14-23(16-18(4)21(25)26-5)20(24)19-12-10-11-17(3)15-19/h10-12,15,18H,6-9,13-14,16H2,1-5H3. The second-order valence-corrected chi connectivity index (χ2v) is 6.78. The maximum absolute atomic E-state index is 12.9. The summed E-state index contributed by atoms with van der Waals surface area (Å²) in [6.45, 7) is 12.3. The molecule has 0 heterocycles. The van der Waals surface area contributed by atoms with Crippen LogP contribution < -0.4 is 0 Å². The highest BCUT2D eigenvalue weighted by atomic mass is 16.5. The molecule has 5 heteroatoms. The van der Waals surface area contributed by atoms with Crippen molar-refractivity contribution in [3.05, 3.63) is 35.4 Å². The topological polar surface area (TPSA) is 49.9 Å². The Bertz CT molecular complexity index is 570. The minimum Gasteiger partial charge on any atom is -0.469 e. The lowest BCUT2D eigenvalue weighted by Crippen LogP contribution is -2.38. The van der Waals surface area contributed by atoms with Gasteiger partial charge in [0.2, 0.25) is 0 Å². The first-order chi connectivity index (χ1) is 12.4. The molecule has 0 bridgehead atoms. The summed E-state index contributed by atoms with van der Waals surface area (Å²) in [4.78, 5) is 28.9. The zero-order chi connectivity index (χ0) is 19.5. The fraction of sp³-hybridized carbons (Fsp3) is 0.619. The first-order valence-corrected chi connectivity index (χ1v) is 9.59. The molecule has 146 valence electrons. The van der Waals surface area contributed by atoms with E-state index in [0.717, 1.165) is 38.0 Å². The van der Waals surface area contributed by atoms with E-state index in [9.17, 15) is 9.59 Å². The lowest BCUT2D eigenvalue weighted by Gasteiger charge is -2.26. The summed E-state index contributed by atoms with van der Waals surface area (Å²) in [6, 6.07) is 7.60. The molecule has 0 aliphatic heterocycles. The lowest BCUT2D eigenvalue weighted by atomic mass is 10.1. The number of hydrogen-bond acceptors (Lipinski definition) is 4. The van der Waals surface area contributed by atoms with Crippen molar-refractivity contribution >= 4 is 11.9 Å². The maximum Gasteiger partial charge on any atom is 0.310 e. The van der Waals surface area contributed by atoms with Gasteiger partial charge in [-0.3, -0.25) is 9.59 Å². The van der Waals surface area contributed by atoms with E-state index in [2.05, 4.69) is 18.7 Å². The number of ether oxygens (including phenoxy) is 1. The van der Waals surface area contributed by atoms with Crippen molar-refractivity contribution < 1.29 is 14.3 Å². The molecule has 1 aromatic rings. The molecule has 1 rings (SSSR count). The van der Waals surface area contributed by atoms with Gasteiger partial charge in [-0.05, 0) is 51.5 Å². The van der Waals surface area contributed by atoms with E-state index in [0.29, 0.717) is 18.7 Å². The molecule has 26 heavy (non-hydrogen) atoms. The summed E-state index contributed by atoms with van der Waals surface area (Å²) < 4.78 is 4.82. The molecule has 5 nitrogen and oxygen atoms in total. The number of methoxy groups -OCH3 is 1. The first kappa shape index (κ1) is 22.2. The number of aryl methyl sites for hydroxylation is 1. The van der Waals surface area contributed by atoms with Crippen LogP contribution in [0.4, 0.5) is 0 Å². The monoisotopic (exact) mass is 362 g/mol. The van der Waals surface area contributed by atoms with Crippen LogP contribution in [-0.4, -0.2) is 61.5 Å². The van der Waals surface area contributed by atoms with Crippen LogP contribution in [0.15, 0.2) is 24.3 Å². The van der Waals surface area contributed by atoms with Gasteiger partial charge in [0.1, 0.15) is 0 Å². The van der Waals surface area contributed by atoms with E-state index in [1.807, 2.05) is 31.2 Å². The van der Waals surface area contributed by atoms with Crippen LogP contribution in [0.5, 0.6) is 0 Å². The minimum atomic E-state index is -0.337. The summed E-state index contributed by atoms with van der Waals surface area (Å²) in [6.07, 6.45) is 1.95. The van der Waals surface area contributed by atoms with Gasteiger partial charge in [-0.1, -0.05) is 38.5 Å². The molecule has 0 aliphatic carbocycles. The molecule has 0 N–H and O–H groups in total. The Morgan fingerprint density at radius 3 is 2.35 bits per heavy atom. The molecule has 1 unspecified atom stereocenters. The third kappa shape index (κ3) is 7.16. The Hall–Kier alpha value is -1.88. The van der Waals surface area contributed by atoms with E-state index >= 15 is 0 Å². The van der Waals surface area contributed by atoms with Crippen LogP contribution in [0, 0.1) is 12.8 Å². The van der Waals surface area contributed by atoms with Crippen LogP contribution in [-0.2, 0) is 9.53 Å². The molecule has 0 spiro atoms. The highest BCUT2D eigenvalue weighted by Gasteiger charge is 2.22. The zero-order valence-corrected chi connectivity index (χ0v) is 17.0. The Morgan fingerprint density at radius 1 is 1.12 bits per heavy atom. The molecule has 0 aliphatic rings. The molecule has 0 radical (unpaired) electrons. The van der Waals surface area contributed by atoms with Gasteiger partial charge >= 0.3 is 5.97 Å². The van der Waals surface area contributed by atoms with E-state index < -0.39 is 0 Å². The lowest BCUT2D eigenvalue weighted by molar-refractivity contribution is -0.145. The summed E-state index contributed by atoms with van der Waals surface area (Å²) in [5.41, 5.74) is 1.73. The number of carbonyl (C=O) groups is 2. The summed E-state index contributed by atoms with van der Waals surface area (Å²) in [5.74, 6) is -0.640. The number of amides is 1. The van der Waals surface area contributed by atoms with Crippen molar-refractivity contribution in [3.63, 3.8) is 0 Å². The van der Waals surface area contributed by atoms with Gasteiger partial charge in [-0.2, -0.15) is 0 Å². The maximum atomic E-state index is 12.9. The van der Waals surface area contributed by atoms with E-state index in [4.69, 9.17) is 4.74 Å². The second kappa shape index (κ2) is 11.7. The van der Waals surface area contributed by atoms with Crippen molar-refractivity contribution in [1.82, 2.24) is 9.80 Å². The van der Waals surface area contributed by atoms with Gasteiger partial charge in [0.25, 0.3) is 5.91 Å². The van der Waals surface area contributed by atoms with Gasteiger partial charge < -0.3 is 14.5 Å². The average Bonchev–Trinajstić information content (AvgIpc) is 2.65. The molecule has 0 saturated heterocycles. The molecular formula is C21H34N2O3. The zero-order valence-electron chi connectivity index (χ0n) is 17.0. The summed E-state index contributed by atoms with van der Waals surface area (Å²) >= 11 is 0. The van der Waals surface area contributed by atoms with Crippen LogP contribution in [0.3, 0.4) is 0 Å². The van der Waals surface area contributed by atoms with Crippen molar-refractivity contribution in [2.45, 2.75) is 40.5 Å². The number of esters is 1. The summed E-state index contributed by atoms with van der Waals surface area (Å²) in [5, 5.41) is 0. The van der Waals surface area contributed by atoms with Gasteiger partial charge in [-0.25, -0.2) is 0 Å². The quantitative estimate of drug-likeness (QED) is 0.447. The third-order valence-electron chi connectivity index (χ3n) is 4.70. The predicted molar refractivity (Wildman–Crippen MR) is 105 cm³/mol. The first-order valence-electron chi connectivity index (χ1n) is 9.59. The largest absolute Gasteiger partial charge is 0.469 e. The number of nitrogens with zero attached hydrogens (tertiary/aromatic N) is 2. The van der Waals surface area contributed by atoms with Gasteiger partial charge in [-0.15, -0.1) is 0 Å². The number of rotatable bonds is 11. The molecule has 1 aromatic carbocycles. The van der Waals surface area contributed by atoms with Crippen LogP contribution >= 0.6 is 0 Å². The minimum absolute atomic E-state index is 0.0210. The molecule has 0 saturated carbocycles. The van der Waals surface area contributed by atoms with Gasteiger partial charge in [0, 0.05) is 18.7 Å². The van der Waals surface area contributed by atoms with Crippen molar-refractivity contribution in [3.8, 4) is 0 Å². The normalized spacial score (nSPS) is 12.1. The number of benzene rings is 1. The van der Waals surface area contributed by atoms with Crippen molar-refractivity contribution in [1.29, 1.82) is 0 Å². The van der Waals surface area contributed by atoms with E-state index in [-0.39, 0.29) is 17.8 Å². The molecule has 0 fully saturated rings. The second-order valence-electron chi connectivity index (χ2n) is 6.78. The van der Waals surface area contributed by atoms with E-state index in [1.165, 1.54) is 7.11 Å². The average molecular weight is 363 g/mol. The number of unbranched alkanes of at least 4 members (excludes halogenated alkanes) is 1. The summed E-state index contributed by atoms with van der Waals surface area (Å²) in [7, 11) is 1.38. The Morgan fingerprint density at radius 2 is 1.77 bits per heavy atom. The van der Waals surface area contributed by atoms with E-state index in [1.54, 1.807) is 11.8 Å². The van der Waals surface area contributed by atoms with Crippen LogP contribution in [0.25, 0.3) is 0 Å². The predicted octanol–water partition coefficient (Wildman–Crippen LogP) is 3.37. The highest BCUT2D eigenvalue weighted by Crippen LogP contribution is 2.12. The molecule has 1 atom stereocenters. The number of carbonyl (C=O) groups excluding carboxylic acids is 2. The number of hydrogen-bond donors (Lipinski definition) is 0. The fourth-order valence-corrected chi connectivity index (χ4v) is 3.02. The van der Waals surface area contributed by atoms with Crippen molar-refractivity contribution in [2.75, 3.05) is 39.8 Å². The van der Waals surface area contributed by atoms with Crippen LogP contribution in [0.1, 0.15) is 49.5 Å². The molecule has 0 aromatic heterocycles. The Balaban J connectivity index is 2.75. The Kier molecular flexibility index (Phi) is 9.96. The molecule has 1 amide bonds. The third-order valence-corrected chi connectivity index (χ3v) is 4.70. The van der Waals surface area contributed by atoms with Crippen molar-refractivity contribution in [2.24, 2.45) is 5.92 Å². The highest BCUT2D eigenvalue weighted by molar-refractivity contribution is 5.94. The smallest absolute Gasteiger partial charge is 0.310 e. The van der Waals surface area contributed by atoms with Gasteiger partial charge in [0.15, 0.2) is 0 Å².